The highest BCUT2D eigenvalue weighted by Gasteiger charge is 2.11. The number of methoxy groups -OCH3 is 1. The summed E-state index contributed by atoms with van der Waals surface area (Å²) in [7, 11) is 1.64. The third-order valence-electron chi connectivity index (χ3n) is 2.46. The van der Waals surface area contributed by atoms with Crippen LogP contribution in [0.25, 0.3) is 0 Å². The molecule has 0 aliphatic heterocycles. The first kappa shape index (κ1) is 11.9. The number of nitrogens with two attached hydrogens (primary N) is 1. The molecule has 3 nitrogen and oxygen atoms in total. The highest BCUT2D eigenvalue weighted by molar-refractivity contribution is 5.31. The average molecular weight is 209 g/mol. The molecule has 0 bridgehead atoms. The lowest BCUT2D eigenvalue weighted by Crippen LogP contribution is -2.35. The summed E-state index contributed by atoms with van der Waals surface area (Å²) in [6, 6.07) is 7.60. The predicted molar refractivity (Wildman–Crippen MR) is 61.4 cm³/mol. The summed E-state index contributed by atoms with van der Waals surface area (Å²) in [5.74, 6) is 1.65. The lowest BCUT2D eigenvalue weighted by Gasteiger charge is -2.20. The molecule has 0 aliphatic carbocycles. The molecule has 2 unspecified atom stereocenters. The minimum atomic E-state index is 0.0309. The normalized spacial score (nSPS) is 14.4. The van der Waals surface area contributed by atoms with Crippen molar-refractivity contribution in [1.82, 2.24) is 0 Å². The Kier molecular flexibility index (Phi) is 4.43. The van der Waals surface area contributed by atoms with Crippen molar-refractivity contribution >= 4 is 0 Å². The van der Waals surface area contributed by atoms with E-state index in [2.05, 4.69) is 6.92 Å². The zero-order chi connectivity index (χ0) is 11.3. The molecule has 2 N–H and O–H groups in total. The van der Waals surface area contributed by atoms with Crippen molar-refractivity contribution in [3.8, 4) is 11.5 Å². The largest absolute Gasteiger partial charge is 0.497 e. The van der Waals surface area contributed by atoms with Gasteiger partial charge in [-0.1, -0.05) is 6.92 Å². The Morgan fingerprint density at radius 2 is 1.73 bits per heavy atom. The van der Waals surface area contributed by atoms with Crippen LogP contribution in [0.1, 0.15) is 20.3 Å². The summed E-state index contributed by atoms with van der Waals surface area (Å²) in [6.07, 6.45) is 0.945. The second-order valence-electron chi connectivity index (χ2n) is 3.57. The van der Waals surface area contributed by atoms with Gasteiger partial charge in [-0.2, -0.15) is 0 Å². The van der Waals surface area contributed by atoms with Gasteiger partial charge >= 0.3 is 0 Å². The molecule has 0 saturated heterocycles. The van der Waals surface area contributed by atoms with Crippen molar-refractivity contribution in [2.45, 2.75) is 32.4 Å². The summed E-state index contributed by atoms with van der Waals surface area (Å²) in [5.41, 5.74) is 5.87. The Labute approximate surface area is 91.2 Å². The van der Waals surface area contributed by atoms with E-state index in [4.69, 9.17) is 15.2 Å². The first-order valence-electron chi connectivity index (χ1n) is 5.23. The molecule has 2 atom stereocenters. The van der Waals surface area contributed by atoms with Crippen LogP contribution in [0.3, 0.4) is 0 Å². The van der Waals surface area contributed by atoms with E-state index in [0.717, 1.165) is 17.9 Å². The number of benzene rings is 1. The molecule has 1 aromatic rings. The molecule has 0 aromatic heterocycles. The van der Waals surface area contributed by atoms with Crippen molar-refractivity contribution in [2.24, 2.45) is 5.73 Å². The summed E-state index contributed by atoms with van der Waals surface area (Å²) < 4.78 is 10.7. The number of rotatable bonds is 5. The molecule has 0 heterocycles. The lowest BCUT2D eigenvalue weighted by atomic mass is 10.1. The highest BCUT2D eigenvalue weighted by atomic mass is 16.5. The van der Waals surface area contributed by atoms with Gasteiger partial charge in [0.15, 0.2) is 0 Å². The minimum Gasteiger partial charge on any atom is -0.497 e. The third-order valence-corrected chi connectivity index (χ3v) is 2.46. The highest BCUT2D eigenvalue weighted by Crippen LogP contribution is 2.18. The van der Waals surface area contributed by atoms with Crippen LogP contribution < -0.4 is 15.2 Å². The Morgan fingerprint density at radius 3 is 2.20 bits per heavy atom. The number of hydrogen-bond acceptors (Lipinski definition) is 3. The fourth-order valence-corrected chi connectivity index (χ4v) is 1.29. The Morgan fingerprint density at radius 1 is 1.20 bits per heavy atom. The molecule has 0 fully saturated rings. The van der Waals surface area contributed by atoms with Gasteiger partial charge in [-0.25, -0.2) is 0 Å². The molecule has 0 saturated carbocycles. The molecule has 3 heteroatoms. The van der Waals surface area contributed by atoms with Crippen LogP contribution in [0.4, 0.5) is 0 Å². The molecule has 1 rings (SSSR count). The van der Waals surface area contributed by atoms with Crippen LogP contribution >= 0.6 is 0 Å². The zero-order valence-corrected chi connectivity index (χ0v) is 9.57. The number of hydrogen-bond donors (Lipinski definition) is 1. The molecule has 0 spiro atoms. The van der Waals surface area contributed by atoms with Crippen LogP contribution in [0.15, 0.2) is 24.3 Å². The minimum absolute atomic E-state index is 0.0309. The first-order chi connectivity index (χ1) is 7.17. The summed E-state index contributed by atoms with van der Waals surface area (Å²) >= 11 is 0. The van der Waals surface area contributed by atoms with Gasteiger partial charge in [0.05, 0.1) is 7.11 Å². The average Bonchev–Trinajstić information content (AvgIpc) is 2.29. The Bertz CT molecular complexity index is 284. The van der Waals surface area contributed by atoms with E-state index in [9.17, 15) is 0 Å². The van der Waals surface area contributed by atoms with E-state index in [1.807, 2.05) is 31.2 Å². The molecule has 15 heavy (non-hydrogen) atoms. The van der Waals surface area contributed by atoms with Crippen molar-refractivity contribution in [2.75, 3.05) is 7.11 Å². The van der Waals surface area contributed by atoms with Gasteiger partial charge in [-0.3, -0.25) is 0 Å². The maximum Gasteiger partial charge on any atom is 0.120 e. The lowest BCUT2D eigenvalue weighted by molar-refractivity contribution is 0.187. The fraction of sp³-hybridized carbons (Fsp3) is 0.500. The second kappa shape index (κ2) is 5.61. The van der Waals surface area contributed by atoms with E-state index in [1.165, 1.54) is 0 Å². The maximum atomic E-state index is 5.87. The van der Waals surface area contributed by atoms with Crippen molar-refractivity contribution < 1.29 is 9.47 Å². The molecule has 0 radical (unpaired) electrons. The predicted octanol–water partition coefficient (Wildman–Crippen LogP) is 2.20. The van der Waals surface area contributed by atoms with Crippen LogP contribution in [-0.4, -0.2) is 19.3 Å². The summed E-state index contributed by atoms with van der Waals surface area (Å²) in [4.78, 5) is 0. The van der Waals surface area contributed by atoms with E-state index in [0.29, 0.717) is 0 Å². The van der Waals surface area contributed by atoms with Crippen molar-refractivity contribution in [3.63, 3.8) is 0 Å². The van der Waals surface area contributed by atoms with E-state index in [-0.39, 0.29) is 12.1 Å². The standard InChI is InChI=1S/C12H19NO2/c1-4-12(13)9(2)15-11-7-5-10(14-3)6-8-11/h5-9,12H,4,13H2,1-3H3. The Hall–Kier alpha value is -1.22. The van der Waals surface area contributed by atoms with E-state index >= 15 is 0 Å². The number of ether oxygens (including phenoxy) is 2. The molecule has 0 amide bonds. The topological polar surface area (TPSA) is 44.5 Å². The monoisotopic (exact) mass is 209 g/mol. The molecule has 1 aromatic carbocycles. The SMILES string of the molecule is CCC(N)C(C)Oc1ccc(OC)cc1. The smallest absolute Gasteiger partial charge is 0.120 e. The van der Waals surface area contributed by atoms with Crippen LogP contribution in [0, 0.1) is 0 Å². The Balaban J connectivity index is 2.57. The van der Waals surface area contributed by atoms with E-state index < -0.39 is 0 Å². The molecule has 84 valence electrons. The molecule has 0 aliphatic rings. The van der Waals surface area contributed by atoms with Gasteiger partial charge < -0.3 is 15.2 Å². The van der Waals surface area contributed by atoms with Crippen LogP contribution in [0.2, 0.25) is 0 Å². The van der Waals surface area contributed by atoms with Crippen molar-refractivity contribution in [3.05, 3.63) is 24.3 Å². The zero-order valence-electron chi connectivity index (χ0n) is 9.57. The van der Waals surface area contributed by atoms with Gasteiger partial charge in [0.2, 0.25) is 0 Å². The third kappa shape index (κ3) is 3.44. The van der Waals surface area contributed by atoms with Gasteiger partial charge in [-0.05, 0) is 37.6 Å². The second-order valence-corrected chi connectivity index (χ2v) is 3.57. The quantitative estimate of drug-likeness (QED) is 0.808. The molecular weight excluding hydrogens is 190 g/mol. The van der Waals surface area contributed by atoms with E-state index in [1.54, 1.807) is 7.11 Å². The van der Waals surface area contributed by atoms with Crippen LogP contribution in [0.5, 0.6) is 11.5 Å². The summed E-state index contributed by atoms with van der Waals surface area (Å²) in [5, 5.41) is 0. The van der Waals surface area contributed by atoms with Gasteiger partial charge in [-0.15, -0.1) is 0 Å². The molecular formula is C12H19NO2. The van der Waals surface area contributed by atoms with Gasteiger partial charge in [0.1, 0.15) is 17.6 Å². The fourth-order valence-electron chi connectivity index (χ4n) is 1.29. The van der Waals surface area contributed by atoms with Crippen LogP contribution in [-0.2, 0) is 0 Å². The van der Waals surface area contributed by atoms with Gasteiger partial charge in [0, 0.05) is 6.04 Å². The maximum absolute atomic E-state index is 5.87. The van der Waals surface area contributed by atoms with Crippen molar-refractivity contribution in [1.29, 1.82) is 0 Å². The summed E-state index contributed by atoms with van der Waals surface area (Å²) in [6.45, 7) is 4.04. The first-order valence-corrected chi connectivity index (χ1v) is 5.23. The van der Waals surface area contributed by atoms with Gasteiger partial charge in [0.25, 0.3) is 0 Å².